The summed E-state index contributed by atoms with van der Waals surface area (Å²) >= 11 is 14.4. The summed E-state index contributed by atoms with van der Waals surface area (Å²) in [6, 6.07) is 2.07. The van der Waals surface area contributed by atoms with Gasteiger partial charge in [-0.25, -0.2) is 4.39 Å². The maximum Gasteiger partial charge on any atom is 0.126 e. The van der Waals surface area contributed by atoms with E-state index in [-0.39, 0.29) is 20.9 Å². The van der Waals surface area contributed by atoms with E-state index >= 15 is 0 Å². The van der Waals surface area contributed by atoms with Crippen LogP contribution in [0, 0.1) is 5.82 Å². The zero-order chi connectivity index (χ0) is 11.6. The predicted octanol–water partition coefficient (Wildman–Crippen LogP) is 2.92. The van der Waals surface area contributed by atoms with Crippen molar-refractivity contribution in [2.24, 2.45) is 0 Å². The number of hydrogen-bond donors (Lipinski definition) is 2. The molecule has 0 saturated heterocycles. The van der Waals surface area contributed by atoms with Gasteiger partial charge in [-0.3, -0.25) is 0 Å². The van der Waals surface area contributed by atoms with Crippen LogP contribution in [-0.2, 0) is 0 Å². The van der Waals surface area contributed by atoms with Gasteiger partial charge in [0.05, 0.1) is 16.1 Å². The Morgan fingerprint density at radius 2 is 1.73 bits per heavy atom. The molecule has 0 fully saturated rings. The lowest BCUT2D eigenvalue weighted by molar-refractivity contribution is 0.0343. The Morgan fingerprint density at radius 1 is 1.27 bits per heavy atom. The average molecular weight is 318 g/mol. The highest BCUT2D eigenvalue weighted by Gasteiger charge is 2.23. The highest BCUT2D eigenvalue weighted by atomic mass is 79.9. The predicted molar refractivity (Wildman–Crippen MR) is 61.2 cm³/mol. The van der Waals surface area contributed by atoms with Crippen LogP contribution in [0.15, 0.2) is 12.1 Å². The van der Waals surface area contributed by atoms with Crippen LogP contribution in [0.3, 0.4) is 0 Å². The topological polar surface area (TPSA) is 40.5 Å². The van der Waals surface area contributed by atoms with Crippen LogP contribution in [0.1, 0.15) is 11.7 Å². The molecule has 0 saturated carbocycles. The monoisotopic (exact) mass is 316 g/mol. The fourth-order valence-electron chi connectivity index (χ4n) is 1.11. The van der Waals surface area contributed by atoms with E-state index in [0.717, 1.165) is 12.1 Å². The highest BCUT2D eigenvalue weighted by molar-refractivity contribution is 9.09. The summed E-state index contributed by atoms with van der Waals surface area (Å²) in [5, 5.41) is 19.2. The first kappa shape index (κ1) is 13.2. The van der Waals surface area contributed by atoms with Gasteiger partial charge in [0.1, 0.15) is 11.9 Å². The first-order valence-electron chi connectivity index (χ1n) is 4.04. The van der Waals surface area contributed by atoms with Crippen molar-refractivity contribution in [3.63, 3.8) is 0 Å². The van der Waals surface area contributed by atoms with Gasteiger partial charge in [-0.2, -0.15) is 0 Å². The third-order valence-electron chi connectivity index (χ3n) is 1.86. The summed E-state index contributed by atoms with van der Waals surface area (Å²) < 4.78 is 12.8. The first-order valence-corrected chi connectivity index (χ1v) is 5.91. The van der Waals surface area contributed by atoms with Crippen molar-refractivity contribution in [2.45, 2.75) is 12.2 Å². The number of hydrogen-bond acceptors (Lipinski definition) is 2. The van der Waals surface area contributed by atoms with Gasteiger partial charge in [0.15, 0.2) is 0 Å². The largest absolute Gasteiger partial charge is 0.389 e. The summed E-state index contributed by atoms with van der Waals surface area (Å²) in [5.41, 5.74) is 0.131. The van der Waals surface area contributed by atoms with Crippen LogP contribution < -0.4 is 0 Å². The minimum Gasteiger partial charge on any atom is -0.389 e. The molecule has 84 valence electrons. The van der Waals surface area contributed by atoms with Gasteiger partial charge in [0, 0.05) is 10.9 Å². The Kier molecular flexibility index (Phi) is 4.80. The van der Waals surface area contributed by atoms with Crippen LogP contribution in [0.4, 0.5) is 4.39 Å². The van der Waals surface area contributed by atoms with Crippen molar-refractivity contribution >= 4 is 39.1 Å². The minimum atomic E-state index is -1.25. The third-order valence-corrected chi connectivity index (χ3v) is 3.15. The molecular formula is C9H8BrCl2FO2. The van der Waals surface area contributed by atoms with E-state index in [0.29, 0.717) is 0 Å². The molecule has 0 radical (unpaired) electrons. The van der Waals surface area contributed by atoms with Crippen molar-refractivity contribution in [1.29, 1.82) is 0 Å². The van der Waals surface area contributed by atoms with E-state index in [9.17, 15) is 14.6 Å². The van der Waals surface area contributed by atoms with Gasteiger partial charge in [-0.05, 0) is 12.1 Å². The smallest absolute Gasteiger partial charge is 0.126 e. The molecule has 15 heavy (non-hydrogen) atoms. The average Bonchev–Trinajstić information content (AvgIpc) is 2.14. The van der Waals surface area contributed by atoms with E-state index in [1.165, 1.54) is 0 Å². The van der Waals surface area contributed by atoms with Gasteiger partial charge in [-0.1, -0.05) is 39.1 Å². The van der Waals surface area contributed by atoms with E-state index in [1.54, 1.807) is 0 Å². The molecule has 1 rings (SSSR count). The Hall–Kier alpha value is 0.130. The van der Waals surface area contributed by atoms with E-state index in [4.69, 9.17) is 23.2 Å². The van der Waals surface area contributed by atoms with E-state index in [1.807, 2.05) is 0 Å². The third kappa shape index (κ3) is 3.04. The molecule has 0 bridgehead atoms. The zero-order valence-electron chi connectivity index (χ0n) is 7.42. The van der Waals surface area contributed by atoms with Crippen LogP contribution >= 0.6 is 39.1 Å². The quantitative estimate of drug-likeness (QED) is 0.842. The molecule has 0 aromatic heterocycles. The van der Waals surface area contributed by atoms with Crippen LogP contribution in [-0.4, -0.2) is 21.6 Å². The standard InChI is InChI=1S/C9H8BrCl2FO2/c10-3-7(14)9(15)8-5(11)1-4(13)2-6(8)12/h1-2,7,9,14-15H,3H2. The highest BCUT2D eigenvalue weighted by Crippen LogP contribution is 2.33. The second-order valence-electron chi connectivity index (χ2n) is 2.95. The number of halogens is 4. The Bertz CT molecular complexity index is 339. The Labute approximate surface area is 105 Å². The van der Waals surface area contributed by atoms with Gasteiger partial charge in [-0.15, -0.1) is 0 Å². The lowest BCUT2D eigenvalue weighted by Gasteiger charge is -2.18. The maximum absolute atomic E-state index is 12.8. The molecule has 0 heterocycles. The first-order chi connectivity index (χ1) is 6.97. The maximum atomic E-state index is 12.8. The number of alkyl halides is 1. The van der Waals surface area contributed by atoms with Crippen LogP contribution in [0.25, 0.3) is 0 Å². The number of aliphatic hydroxyl groups is 2. The summed E-state index contributed by atoms with van der Waals surface area (Å²) in [6.45, 7) is 0. The van der Waals surface area contributed by atoms with E-state index in [2.05, 4.69) is 15.9 Å². The number of benzene rings is 1. The molecule has 0 spiro atoms. The number of rotatable bonds is 3. The van der Waals surface area contributed by atoms with Gasteiger partial charge in [0.25, 0.3) is 0 Å². The summed E-state index contributed by atoms with van der Waals surface area (Å²) in [7, 11) is 0. The molecule has 0 aliphatic carbocycles. The molecule has 0 amide bonds. The SMILES string of the molecule is OC(CBr)C(O)c1c(Cl)cc(F)cc1Cl. The molecular weight excluding hydrogens is 310 g/mol. The van der Waals surface area contributed by atoms with Crippen molar-refractivity contribution in [2.75, 3.05) is 5.33 Å². The van der Waals surface area contributed by atoms with Crippen molar-refractivity contribution in [1.82, 2.24) is 0 Å². The van der Waals surface area contributed by atoms with Crippen LogP contribution in [0.2, 0.25) is 10.0 Å². The second kappa shape index (κ2) is 5.46. The van der Waals surface area contributed by atoms with Crippen LogP contribution in [0.5, 0.6) is 0 Å². The second-order valence-corrected chi connectivity index (χ2v) is 4.41. The minimum absolute atomic E-state index is 0.00694. The molecule has 0 aliphatic heterocycles. The summed E-state index contributed by atoms with van der Waals surface area (Å²) in [4.78, 5) is 0. The summed E-state index contributed by atoms with van der Waals surface area (Å²) in [6.07, 6.45) is -2.30. The molecule has 2 N–H and O–H groups in total. The molecule has 1 aromatic carbocycles. The fraction of sp³-hybridized carbons (Fsp3) is 0.333. The van der Waals surface area contributed by atoms with Gasteiger partial charge >= 0.3 is 0 Å². The number of aliphatic hydroxyl groups excluding tert-OH is 2. The Balaban J connectivity index is 3.13. The normalized spacial score (nSPS) is 15.1. The molecule has 2 atom stereocenters. The molecule has 1 aromatic rings. The fourth-order valence-corrected chi connectivity index (χ4v) is 2.15. The molecule has 0 aliphatic rings. The zero-order valence-corrected chi connectivity index (χ0v) is 10.5. The van der Waals surface area contributed by atoms with E-state index < -0.39 is 18.0 Å². The molecule has 2 nitrogen and oxygen atoms in total. The van der Waals surface area contributed by atoms with Gasteiger partial charge < -0.3 is 10.2 Å². The summed E-state index contributed by atoms with van der Waals surface area (Å²) in [5.74, 6) is -0.589. The van der Waals surface area contributed by atoms with Crippen molar-refractivity contribution in [3.8, 4) is 0 Å². The molecule has 2 unspecified atom stereocenters. The molecule has 6 heteroatoms. The van der Waals surface area contributed by atoms with Crippen molar-refractivity contribution < 1.29 is 14.6 Å². The lowest BCUT2D eigenvalue weighted by Crippen LogP contribution is -2.20. The lowest BCUT2D eigenvalue weighted by atomic mass is 10.1. The Morgan fingerprint density at radius 3 is 2.13 bits per heavy atom. The van der Waals surface area contributed by atoms with Crippen molar-refractivity contribution in [3.05, 3.63) is 33.6 Å². The van der Waals surface area contributed by atoms with Gasteiger partial charge in [0.2, 0.25) is 0 Å².